The van der Waals surface area contributed by atoms with E-state index >= 15 is 0 Å². The molecule has 0 amide bonds. The fraction of sp³-hybridized carbons (Fsp3) is 0.375. The fourth-order valence-corrected chi connectivity index (χ4v) is 2.59. The molecule has 1 aromatic carbocycles. The normalized spacial score (nSPS) is 12.5. The summed E-state index contributed by atoms with van der Waals surface area (Å²) in [6.45, 7) is 6.02. The van der Waals surface area contributed by atoms with Gasteiger partial charge < -0.3 is 0 Å². The summed E-state index contributed by atoms with van der Waals surface area (Å²) in [5.74, 6) is -0.0174. The summed E-state index contributed by atoms with van der Waals surface area (Å²) < 4.78 is 34.9. The summed E-state index contributed by atoms with van der Waals surface area (Å²) in [7, 11) is 1.45. The van der Waals surface area contributed by atoms with Crippen LogP contribution in [0.3, 0.4) is 0 Å². The van der Waals surface area contributed by atoms with Gasteiger partial charge in [-0.3, -0.25) is 4.55 Å². The molecule has 0 radical (unpaired) electrons. The van der Waals surface area contributed by atoms with Crippen LogP contribution in [0.25, 0.3) is 11.3 Å². The molecular formula is C16H20FN3O2S. The molecule has 1 heterocycles. The highest BCUT2D eigenvalue weighted by molar-refractivity contribution is 7.80. The highest BCUT2D eigenvalue weighted by Gasteiger charge is 2.20. The highest BCUT2D eigenvalue weighted by atomic mass is 32.2. The van der Waals surface area contributed by atoms with Gasteiger partial charge in [0.1, 0.15) is 5.82 Å². The first-order valence-electron chi connectivity index (χ1n) is 7.36. The van der Waals surface area contributed by atoms with Crippen LogP contribution in [0.15, 0.2) is 24.3 Å². The molecule has 0 aliphatic carbocycles. The number of rotatable bonds is 5. The molecule has 7 heteroatoms. The molecule has 0 saturated carbocycles. The molecule has 0 aliphatic heterocycles. The second-order valence-corrected chi connectivity index (χ2v) is 6.49. The number of aromatic nitrogens is 2. The fourth-order valence-electron chi connectivity index (χ4n) is 2.37. The number of nitrogens with zero attached hydrogens (tertiary/aromatic N) is 3. The summed E-state index contributed by atoms with van der Waals surface area (Å²) >= 11 is -2.21. The van der Waals surface area contributed by atoms with E-state index in [-0.39, 0.29) is 17.7 Å². The maximum Gasteiger partial charge on any atom is 0.264 e. The molecule has 1 unspecified atom stereocenters. The Kier molecular flexibility index (Phi) is 5.43. The van der Waals surface area contributed by atoms with Gasteiger partial charge in [-0.2, -0.15) is 0 Å². The van der Waals surface area contributed by atoms with Crippen LogP contribution < -0.4 is 4.31 Å². The van der Waals surface area contributed by atoms with E-state index in [1.54, 1.807) is 12.1 Å². The van der Waals surface area contributed by atoms with Crippen LogP contribution in [0.2, 0.25) is 0 Å². The molecule has 1 N–H and O–H groups in total. The first-order chi connectivity index (χ1) is 10.8. The van der Waals surface area contributed by atoms with Gasteiger partial charge in [-0.15, -0.1) is 0 Å². The van der Waals surface area contributed by atoms with Crippen molar-refractivity contribution in [3.8, 4) is 11.3 Å². The summed E-state index contributed by atoms with van der Waals surface area (Å²) in [5.41, 5.74) is 3.21. The second kappa shape index (κ2) is 7.14. The van der Waals surface area contributed by atoms with E-state index in [1.807, 2.05) is 20.8 Å². The molecule has 124 valence electrons. The molecule has 23 heavy (non-hydrogen) atoms. The van der Waals surface area contributed by atoms with E-state index in [4.69, 9.17) is 0 Å². The summed E-state index contributed by atoms with van der Waals surface area (Å²) in [5, 5.41) is 0. The Morgan fingerprint density at radius 3 is 2.35 bits per heavy atom. The van der Waals surface area contributed by atoms with E-state index in [0.717, 1.165) is 21.1 Å². The molecule has 0 bridgehead atoms. The van der Waals surface area contributed by atoms with Crippen molar-refractivity contribution in [3.63, 3.8) is 0 Å². The van der Waals surface area contributed by atoms with Crippen LogP contribution in [-0.4, -0.2) is 25.8 Å². The molecular weight excluding hydrogens is 317 g/mol. The molecule has 0 saturated heterocycles. The molecule has 0 spiro atoms. The number of benzene rings is 1. The third-order valence-corrected chi connectivity index (χ3v) is 4.19. The zero-order valence-corrected chi connectivity index (χ0v) is 14.4. The topological polar surface area (TPSA) is 66.3 Å². The molecule has 1 atom stereocenters. The van der Waals surface area contributed by atoms with E-state index in [0.29, 0.717) is 12.1 Å². The maximum atomic E-state index is 13.2. The van der Waals surface area contributed by atoms with Crippen molar-refractivity contribution in [2.45, 2.75) is 33.1 Å². The van der Waals surface area contributed by atoms with E-state index < -0.39 is 11.3 Å². The highest BCUT2D eigenvalue weighted by Crippen LogP contribution is 2.30. The van der Waals surface area contributed by atoms with E-state index in [2.05, 4.69) is 9.97 Å². The van der Waals surface area contributed by atoms with Crippen molar-refractivity contribution >= 4 is 17.2 Å². The van der Waals surface area contributed by atoms with Gasteiger partial charge in [-0.05, 0) is 36.6 Å². The minimum atomic E-state index is -2.21. The van der Waals surface area contributed by atoms with Crippen molar-refractivity contribution < 1.29 is 13.2 Å². The quantitative estimate of drug-likeness (QED) is 0.848. The van der Waals surface area contributed by atoms with Crippen molar-refractivity contribution in [2.75, 3.05) is 11.4 Å². The Bertz CT molecular complexity index is 720. The zero-order chi connectivity index (χ0) is 17.1. The molecule has 2 rings (SSSR count). The summed E-state index contributed by atoms with van der Waals surface area (Å²) in [6.07, 6.45) is 0.715. The molecule has 0 fully saturated rings. The van der Waals surface area contributed by atoms with Gasteiger partial charge in [0, 0.05) is 18.2 Å². The number of hydrogen-bond acceptors (Lipinski definition) is 3. The smallest absolute Gasteiger partial charge is 0.264 e. The van der Waals surface area contributed by atoms with Crippen molar-refractivity contribution in [1.29, 1.82) is 0 Å². The predicted octanol–water partition coefficient (Wildman–Crippen LogP) is 3.54. The lowest BCUT2D eigenvalue weighted by Crippen LogP contribution is -2.23. The average Bonchev–Trinajstić information content (AvgIpc) is 2.53. The van der Waals surface area contributed by atoms with Crippen LogP contribution in [0.4, 0.5) is 10.3 Å². The molecule has 1 aromatic heterocycles. The minimum absolute atomic E-state index is 0.131. The Balaban J connectivity index is 2.71. The monoisotopic (exact) mass is 337 g/mol. The van der Waals surface area contributed by atoms with Gasteiger partial charge in [-0.1, -0.05) is 20.8 Å². The van der Waals surface area contributed by atoms with E-state index in [1.165, 1.54) is 19.2 Å². The number of halogens is 1. The van der Waals surface area contributed by atoms with E-state index in [9.17, 15) is 13.2 Å². The maximum absolute atomic E-state index is 13.2. The third kappa shape index (κ3) is 3.73. The van der Waals surface area contributed by atoms with Gasteiger partial charge >= 0.3 is 0 Å². The van der Waals surface area contributed by atoms with Gasteiger partial charge in [-0.25, -0.2) is 22.9 Å². The number of hydrogen-bond donors (Lipinski definition) is 1. The second-order valence-electron chi connectivity index (χ2n) is 5.48. The molecule has 2 aromatic rings. The zero-order valence-electron chi connectivity index (χ0n) is 13.6. The molecule has 0 aliphatic rings. The van der Waals surface area contributed by atoms with Crippen molar-refractivity contribution in [2.24, 2.45) is 0 Å². The summed E-state index contributed by atoms with van der Waals surface area (Å²) in [6, 6.07) is 6.06. The van der Waals surface area contributed by atoms with Crippen LogP contribution in [0, 0.1) is 5.82 Å². The Hall–Kier alpha value is -1.86. The van der Waals surface area contributed by atoms with Gasteiger partial charge in [0.25, 0.3) is 11.3 Å². The van der Waals surface area contributed by atoms with Crippen LogP contribution in [0.5, 0.6) is 0 Å². The lowest BCUT2D eigenvalue weighted by Gasteiger charge is -2.19. The lowest BCUT2D eigenvalue weighted by molar-refractivity contribution is 0.561. The number of anilines is 1. The van der Waals surface area contributed by atoms with Crippen molar-refractivity contribution in [3.05, 3.63) is 41.3 Å². The van der Waals surface area contributed by atoms with Crippen LogP contribution in [-0.2, 0) is 17.7 Å². The van der Waals surface area contributed by atoms with Crippen molar-refractivity contribution in [1.82, 2.24) is 9.97 Å². The Morgan fingerprint density at radius 2 is 1.87 bits per heavy atom. The Labute approximate surface area is 138 Å². The first kappa shape index (κ1) is 17.5. The van der Waals surface area contributed by atoms with Gasteiger partial charge in [0.15, 0.2) is 0 Å². The van der Waals surface area contributed by atoms with Gasteiger partial charge in [0.05, 0.1) is 11.4 Å². The SMILES string of the molecule is CCc1c(-c2ccc(F)cc2)nc(N(C)S(=O)O)nc1C(C)C. The van der Waals surface area contributed by atoms with Crippen LogP contribution in [0.1, 0.15) is 37.9 Å². The standard InChI is InChI=1S/C16H20FN3O2S/c1-5-13-14(10(2)3)18-16(20(4)23(21)22)19-15(13)11-6-8-12(17)9-7-11/h6-10H,5H2,1-4H3,(H,21,22). The lowest BCUT2D eigenvalue weighted by atomic mass is 9.97. The Morgan fingerprint density at radius 1 is 1.26 bits per heavy atom. The van der Waals surface area contributed by atoms with Gasteiger partial charge in [0.2, 0.25) is 5.95 Å². The average molecular weight is 337 g/mol. The minimum Gasteiger partial charge on any atom is -0.289 e. The summed E-state index contributed by atoms with van der Waals surface area (Å²) in [4.78, 5) is 8.90. The van der Waals surface area contributed by atoms with Crippen LogP contribution >= 0.6 is 0 Å². The third-order valence-electron chi connectivity index (χ3n) is 3.56. The predicted molar refractivity (Wildman–Crippen MR) is 90.1 cm³/mol. The first-order valence-corrected chi connectivity index (χ1v) is 8.43. The largest absolute Gasteiger partial charge is 0.289 e. The molecule has 5 nitrogen and oxygen atoms in total.